The van der Waals surface area contributed by atoms with Crippen molar-refractivity contribution in [2.24, 2.45) is 5.92 Å². The number of alkyl halides is 2. The van der Waals surface area contributed by atoms with Crippen LogP contribution in [0.2, 0.25) is 0 Å². The maximum atomic E-state index is 13.1. The van der Waals surface area contributed by atoms with Crippen molar-refractivity contribution in [1.29, 1.82) is 0 Å². The molecule has 1 aliphatic heterocycles. The zero-order chi connectivity index (χ0) is 25.1. The van der Waals surface area contributed by atoms with Gasteiger partial charge in [-0.2, -0.15) is 5.10 Å². The van der Waals surface area contributed by atoms with Crippen LogP contribution in [0.25, 0.3) is 5.52 Å². The fourth-order valence-electron chi connectivity index (χ4n) is 5.19. The highest BCUT2D eigenvalue weighted by atomic mass is 32.1. The maximum Gasteiger partial charge on any atom is 0.278 e. The van der Waals surface area contributed by atoms with Crippen molar-refractivity contribution in [2.75, 3.05) is 26.2 Å². The zero-order valence-corrected chi connectivity index (χ0v) is 21.4. The molecule has 1 saturated carbocycles. The van der Waals surface area contributed by atoms with Crippen molar-refractivity contribution in [3.8, 4) is 5.19 Å². The van der Waals surface area contributed by atoms with E-state index in [2.05, 4.69) is 20.3 Å². The molecular formula is C26H33F2N5O2S. The number of fused-ring (bicyclic) bond motifs is 2. The molecule has 1 fully saturated rings. The third kappa shape index (κ3) is 6.21. The second-order valence-electron chi connectivity index (χ2n) is 10.1. The van der Waals surface area contributed by atoms with Crippen LogP contribution in [0, 0.1) is 5.92 Å². The van der Waals surface area contributed by atoms with Crippen molar-refractivity contribution in [3.05, 3.63) is 46.7 Å². The van der Waals surface area contributed by atoms with E-state index in [1.807, 2.05) is 24.4 Å². The Morgan fingerprint density at radius 3 is 2.83 bits per heavy atom. The van der Waals surface area contributed by atoms with Gasteiger partial charge in [-0.05, 0) is 63.1 Å². The van der Waals surface area contributed by atoms with Crippen LogP contribution >= 0.6 is 11.3 Å². The number of hydrogen-bond acceptors (Lipinski definition) is 6. The topological polar surface area (TPSA) is 71.8 Å². The molecule has 0 saturated heterocycles. The van der Waals surface area contributed by atoms with Gasteiger partial charge in [0.1, 0.15) is 0 Å². The van der Waals surface area contributed by atoms with E-state index < -0.39 is 12.5 Å². The molecule has 3 aromatic heterocycles. The number of carbonyl (C=O) groups excluding carboxylic acids is 1. The van der Waals surface area contributed by atoms with E-state index in [-0.39, 0.29) is 11.9 Å². The minimum atomic E-state index is -2.85. The number of ether oxygens (including phenoxy) is 1. The van der Waals surface area contributed by atoms with Gasteiger partial charge in [-0.1, -0.05) is 17.4 Å². The Hall–Kier alpha value is -2.59. The van der Waals surface area contributed by atoms with E-state index in [4.69, 9.17) is 4.74 Å². The van der Waals surface area contributed by atoms with Crippen LogP contribution in [0.5, 0.6) is 5.19 Å². The van der Waals surface area contributed by atoms with Crippen LogP contribution in [-0.2, 0) is 12.8 Å². The molecule has 10 heteroatoms. The summed E-state index contributed by atoms with van der Waals surface area (Å²) in [4.78, 5) is 20.9. The second-order valence-corrected chi connectivity index (χ2v) is 11.2. The minimum absolute atomic E-state index is 0.0396. The Bertz CT molecular complexity index is 1160. The summed E-state index contributed by atoms with van der Waals surface area (Å²) in [6.45, 7) is 3.19. The van der Waals surface area contributed by atoms with Gasteiger partial charge in [0.25, 0.3) is 17.0 Å². The molecule has 1 aliphatic carbocycles. The number of thiazole rings is 1. The molecule has 0 spiro atoms. The fraction of sp³-hybridized carbons (Fsp3) is 0.577. The zero-order valence-electron chi connectivity index (χ0n) is 20.6. The highest BCUT2D eigenvalue weighted by molar-refractivity contribution is 7.13. The van der Waals surface area contributed by atoms with Gasteiger partial charge in [0.15, 0.2) is 6.61 Å². The lowest BCUT2D eigenvalue weighted by Gasteiger charge is -2.30. The minimum Gasteiger partial charge on any atom is -0.464 e. The molecular weight excluding hydrogens is 484 g/mol. The fourth-order valence-corrected chi connectivity index (χ4v) is 6.14. The van der Waals surface area contributed by atoms with Crippen LogP contribution in [-0.4, -0.2) is 63.6 Å². The number of carbonyl (C=O) groups is 1. The highest BCUT2D eigenvalue weighted by Crippen LogP contribution is 2.31. The average Bonchev–Trinajstić information content (AvgIpc) is 3.42. The third-order valence-corrected chi connectivity index (χ3v) is 8.30. The highest BCUT2D eigenvalue weighted by Gasteiger charge is 2.26. The summed E-state index contributed by atoms with van der Waals surface area (Å²) in [5.74, 6) is -2.21. The summed E-state index contributed by atoms with van der Waals surface area (Å²) in [7, 11) is 0. The summed E-state index contributed by atoms with van der Waals surface area (Å²) in [6.07, 6.45) is 10.7. The van der Waals surface area contributed by atoms with E-state index >= 15 is 0 Å². The first kappa shape index (κ1) is 25.1. The Labute approximate surface area is 213 Å². The van der Waals surface area contributed by atoms with Gasteiger partial charge in [-0.3, -0.25) is 4.79 Å². The van der Waals surface area contributed by atoms with Crippen LogP contribution in [0.4, 0.5) is 8.78 Å². The van der Waals surface area contributed by atoms with Gasteiger partial charge in [-0.25, -0.2) is 18.3 Å². The number of hydrogen-bond donors (Lipinski definition) is 1. The van der Waals surface area contributed by atoms with E-state index in [1.165, 1.54) is 11.3 Å². The Balaban J connectivity index is 1.03. The second kappa shape index (κ2) is 10.8. The molecule has 194 valence electrons. The van der Waals surface area contributed by atoms with Gasteiger partial charge < -0.3 is 15.0 Å². The SMILES string of the molecule is CC(F)(F)COc1nc2c(s1)CCN(CC[C@H]1CC[C@H](NC(=O)c3cnn4ccccc34)CC1)CC2. The van der Waals surface area contributed by atoms with Crippen molar-refractivity contribution in [2.45, 2.75) is 63.8 Å². The van der Waals surface area contributed by atoms with Crippen molar-refractivity contribution in [3.63, 3.8) is 0 Å². The lowest BCUT2D eigenvalue weighted by atomic mass is 9.84. The van der Waals surface area contributed by atoms with Crippen LogP contribution in [0.1, 0.15) is 60.0 Å². The largest absolute Gasteiger partial charge is 0.464 e. The summed E-state index contributed by atoms with van der Waals surface area (Å²) in [6, 6.07) is 5.95. The van der Waals surface area contributed by atoms with Gasteiger partial charge in [0.05, 0.1) is 23.0 Å². The monoisotopic (exact) mass is 517 g/mol. The first-order chi connectivity index (χ1) is 17.3. The summed E-state index contributed by atoms with van der Waals surface area (Å²) in [5.41, 5.74) is 2.46. The molecule has 2 aliphatic rings. The molecule has 0 atom stereocenters. The Morgan fingerprint density at radius 1 is 1.22 bits per heavy atom. The van der Waals surface area contributed by atoms with Crippen molar-refractivity contribution >= 4 is 22.8 Å². The predicted octanol–water partition coefficient (Wildman–Crippen LogP) is 4.60. The first-order valence-corrected chi connectivity index (χ1v) is 13.6. The number of rotatable bonds is 8. The number of pyridine rings is 1. The van der Waals surface area contributed by atoms with E-state index in [0.29, 0.717) is 16.7 Å². The van der Waals surface area contributed by atoms with Crippen molar-refractivity contribution in [1.82, 2.24) is 24.8 Å². The lowest BCUT2D eigenvalue weighted by molar-refractivity contribution is -0.0230. The summed E-state index contributed by atoms with van der Waals surface area (Å²) < 4.78 is 33.0. The smallest absolute Gasteiger partial charge is 0.278 e. The molecule has 0 aromatic carbocycles. The molecule has 7 nitrogen and oxygen atoms in total. The Kier molecular flexibility index (Phi) is 7.52. The molecule has 36 heavy (non-hydrogen) atoms. The number of halogens is 2. The third-order valence-electron chi connectivity index (χ3n) is 7.23. The number of nitrogens with zero attached hydrogens (tertiary/aromatic N) is 4. The lowest BCUT2D eigenvalue weighted by Crippen LogP contribution is -2.38. The Morgan fingerprint density at radius 2 is 2.03 bits per heavy atom. The predicted molar refractivity (Wildman–Crippen MR) is 135 cm³/mol. The number of amides is 1. The molecule has 3 aromatic rings. The van der Waals surface area contributed by atoms with E-state index in [1.54, 1.807) is 10.7 Å². The van der Waals surface area contributed by atoms with Crippen LogP contribution in [0.15, 0.2) is 30.6 Å². The molecule has 1 N–H and O–H groups in total. The molecule has 1 amide bonds. The molecule has 4 heterocycles. The number of nitrogens with one attached hydrogen (secondary N) is 1. The standard InChI is InChI=1S/C26H33F2N5O2S/c1-26(27,28)17-35-25-31-21-10-14-32(15-11-23(21)36-25)13-9-18-5-7-19(8-6-18)30-24(34)20-16-29-33-12-3-2-4-22(20)33/h2-4,12,16,18-19H,5-11,13-15,17H2,1H3,(H,30,34)/t18-,19-. The number of aromatic nitrogens is 3. The van der Waals surface area contributed by atoms with Crippen LogP contribution in [0.3, 0.4) is 0 Å². The summed E-state index contributed by atoms with van der Waals surface area (Å²) in [5, 5.41) is 7.84. The normalized spacial score (nSPS) is 21.2. The molecule has 0 unspecified atom stereocenters. The summed E-state index contributed by atoms with van der Waals surface area (Å²) >= 11 is 1.41. The van der Waals surface area contributed by atoms with Gasteiger partial charge >= 0.3 is 0 Å². The van der Waals surface area contributed by atoms with Gasteiger partial charge in [-0.15, -0.1) is 0 Å². The van der Waals surface area contributed by atoms with E-state index in [0.717, 1.165) is 87.6 Å². The van der Waals surface area contributed by atoms with Crippen LogP contribution < -0.4 is 10.1 Å². The van der Waals surface area contributed by atoms with Crippen molar-refractivity contribution < 1.29 is 18.3 Å². The average molecular weight is 518 g/mol. The van der Waals surface area contributed by atoms with Gasteiger partial charge in [0, 0.05) is 43.5 Å². The molecule has 0 bridgehead atoms. The quantitative estimate of drug-likeness (QED) is 0.473. The first-order valence-electron chi connectivity index (χ1n) is 12.8. The maximum absolute atomic E-state index is 13.1. The molecule has 0 radical (unpaired) electrons. The molecule has 5 rings (SSSR count). The van der Waals surface area contributed by atoms with Gasteiger partial charge in [0.2, 0.25) is 0 Å². The van der Waals surface area contributed by atoms with E-state index in [9.17, 15) is 13.6 Å².